The smallest absolute Gasteiger partial charge is 0.220 e. The second-order valence-electron chi connectivity index (χ2n) is 8.94. The zero-order valence-corrected chi connectivity index (χ0v) is 17.6. The van der Waals surface area contributed by atoms with E-state index in [0.717, 1.165) is 39.0 Å². The van der Waals surface area contributed by atoms with E-state index >= 15 is 0 Å². The fraction of sp³-hybridized carbons (Fsp3) is 0.583. The molecule has 2 aromatic rings. The number of unbranched alkanes of at least 4 members (excludes halogenated alkanes) is 2. The van der Waals surface area contributed by atoms with Gasteiger partial charge in [0.25, 0.3) is 0 Å². The molecule has 29 heavy (non-hydrogen) atoms. The van der Waals surface area contributed by atoms with E-state index in [0.29, 0.717) is 17.9 Å². The molecule has 1 aromatic carbocycles. The standard InChI is InChI=1S/C24H34N4O/c1-2-3-4-9-23(29)26-22-17-24(22)10-14-27(15-11-24)18-20-7-5-8-21(16-20)19-28-13-6-12-25-28/h5-8,12-13,16,22H,2-4,9-11,14-15,17-19H2,1H3,(H,26,29). The van der Waals surface area contributed by atoms with Crippen molar-refractivity contribution in [1.82, 2.24) is 20.0 Å². The fourth-order valence-corrected chi connectivity index (χ4v) is 4.73. The first-order valence-corrected chi connectivity index (χ1v) is 11.2. The summed E-state index contributed by atoms with van der Waals surface area (Å²) in [6.45, 7) is 6.27. The Hall–Kier alpha value is -2.14. The van der Waals surface area contributed by atoms with Gasteiger partial charge in [0.1, 0.15) is 0 Å². The minimum atomic E-state index is 0.261. The van der Waals surface area contributed by atoms with Gasteiger partial charge < -0.3 is 5.32 Å². The van der Waals surface area contributed by atoms with Gasteiger partial charge in [0.05, 0.1) is 6.54 Å². The van der Waals surface area contributed by atoms with Gasteiger partial charge in [-0.2, -0.15) is 5.10 Å². The van der Waals surface area contributed by atoms with E-state index in [4.69, 9.17) is 0 Å². The molecule has 1 aliphatic heterocycles. The fourth-order valence-electron chi connectivity index (χ4n) is 4.73. The topological polar surface area (TPSA) is 50.2 Å². The van der Waals surface area contributed by atoms with Crippen molar-refractivity contribution in [2.45, 2.75) is 71.0 Å². The van der Waals surface area contributed by atoms with Crippen LogP contribution in [0.5, 0.6) is 0 Å². The van der Waals surface area contributed by atoms with Crippen LogP contribution in [0.2, 0.25) is 0 Å². The van der Waals surface area contributed by atoms with Crippen molar-refractivity contribution in [1.29, 1.82) is 0 Å². The highest BCUT2D eigenvalue weighted by atomic mass is 16.1. The summed E-state index contributed by atoms with van der Waals surface area (Å²) in [6.07, 6.45) is 11.5. The van der Waals surface area contributed by atoms with Crippen LogP contribution < -0.4 is 5.32 Å². The Morgan fingerprint density at radius 2 is 1.97 bits per heavy atom. The van der Waals surface area contributed by atoms with E-state index in [1.54, 1.807) is 0 Å². The van der Waals surface area contributed by atoms with Crippen LogP contribution in [-0.4, -0.2) is 39.7 Å². The largest absolute Gasteiger partial charge is 0.353 e. The van der Waals surface area contributed by atoms with Crippen LogP contribution in [0.25, 0.3) is 0 Å². The lowest BCUT2D eigenvalue weighted by Crippen LogP contribution is -2.38. The van der Waals surface area contributed by atoms with Crippen molar-refractivity contribution < 1.29 is 4.79 Å². The van der Waals surface area contributed by atoms with E-state index in [2.05, 4.69) is 46.5 Å². The van der Waals surface area contributed by atoms with Crippen LogP contribution in [-0.2, 0) is 17.9 Å². The molecule has 1 unspecified atom stereocenters. The summed E-state index contributed by atoms with van der Waals surface area (Å²) < 4.78 is 1.97. The number of rotatable bonds is 9. The molecule has 1 aromatic heterocycles. The van der Waals surface area contributed by atoms with Crippen molar-refractivity contribution >= 4 is 5.91 Å². The number of hydrogen-bond donors (Lipinski definition) is 1. The van der Waals surface area contributed by atoms with Gasteiger partial charge in [-0.3, -0.25) is 14.4 Å². The average molecular weight is 395 g/mol. The SMILES string of the molecule is CCCCCC(=O)NC1CC12CCN(Cc1cccc(Cn3cccn3)c1)CC2. The van der Waals surface area contributed by atoms with Crippen LogP contribution in [0.15, 0.2) is 42.7 Å². The molecule has 2 heterocycles. The van der Waals surface area contributed by atoms with E-state index < -0.39 is 0 Å². The molecule has 2 fully saturated rings. The first-order valence-electron chi connectivity index (χ1n) is 11.2. The maximum atomic E-state index is 12.1. The second-order valence-corrected chi connectivity index (χ2v) is 8.94. The third-order valence-electron chi connectivity index (χ3n) is 6.69. The van der Waals surface area contributed by atoms with Crippen LogP contribution in [0.1, 0.15) is 63.0 Å². The minimum absolute atomic E-state index is 0.261. The van der Waals surface area contributed by atoms with Gasteiger partial charge in [0.2, 0.25) is 5.91 Å². The maximum Gasteiger partial charge on any atom is 0.220 e. The first kappa shape index (κ1) is 20.1. The Morgan fingerprint density at radius 1 is 1.17 bits per heavy atom. The number of benzene rings is 1. The second kappa shape index (κ2) is 9.12. The van der Waals surface area contributed by atoms with E-state index in [-0.39, 0.29) is 5.91 Å². The lowest BCUT2D eigenvalue weighted by atomic mass is 9.92. The van der Waals surface area contributed by atoms with Crippen molar-refractivity contribution in [2.24, 2.45) is 5.41 Å². The molecule has 1 N–H and O–H groups in total. The van der Waals surface area contributed by atoms with Crippen molar-refractivity contribution in [3.63, 3.8) is 0 Å². The van der Waals surface area contributed by atoms with Crippen LogP contribution in [0.4, 0.5) is 0 Å². The molecule has 5 nitrogen and oxygen atoms in total. The van der Waals surface area contributed by atoms with Crippen molar-refractivity contribution in [2.75, 3.05) is 13.1 Å². The number of amides is 1. The Morgan fingerprint density at radius 3 is 2.69 bits per heavy atom. The summed E-state index contributed by atoms with van der Waals surface area (Å²) in [5.41, 5.74) is 3.06. The number of nitrogens with one attached hydrogen (secondary N) is 1. The summed E-state index contributed by atoms with van der Waals surface area (Å²) in [4.78, 5) is 14.7. The lowest BCUT2D eigenvalue weighted by Gasteiger charge is -2.33. The first-order chi connectivity index (χ1) is 14.2. The van der Waals surface area contributed by atoms with Gasteiger partial charge in [-0.25, -0.2) is 0 Å². The van der Waals surface area contributed by atoms with Gasteiger partial charge in [-0.05, 0) is 61.4 Å². The number of likely N-dealkylation sites (tertiary alicyclic amines) is 1. The summed E-state index contributed by atoms with van der Waals surface area (Å²) in [5, 5.41) is 7.60. The van der Waals surface area contributed by atoms with Gasteiger partial charge in [-0.1, -0.05) is 44.0 Å². The molecule has 5 heteroatoms. The Balaban J connectivity index is 1.22. The molecule has 1 spiro atoms. The molecule has 4 rings (SSSR count). The van der Waals surface area contributed by atoms with Crippen LogP contribution in [0, 0.1) is 5.41 Å². The lowest BCUT2D eigenvalue weighted by molar-refractivity contribution is -0.121. The highest BCUT2D eigenvalue weighted by Crippen LogP contribution is 2.54. The maximum absolute atomic E-state index is 12.1. The monoisotopic (exact) mass is 394 g/mol. The highest BCUT2D eigenvalue weighted by Gasteiger charge is 2.55. The van der Waals surface area contributed by atoms with Gasteiger partial charge in [-0.15, -0.1) is 0 Å². The molecule has 0 radical (unpaired) electrons. The summed E-state index contributed by atoms with van der Waals surface area (Å²) in [5.74, 6) is 0.261. The number of carbonyl (C=O) groups is 1. The van der Waals surface area contributed by atoms with Crippen LogP contribution in [0.3, 0.4) is 0 Å². The molecule has 1 saturated carbocycles. The van der Waals surface area contributed by atoms with E-state index in [1.807, 2.05) is 23.1 Å². The molecular formula is C24H34N4O. The average Bonchev–Trinajstić information content (AvgIpc) is 3.10. The molecule has 2 aliphatic rings. The zero-order valence-electron chi connectivity index (χ0n) is 17.6. The Labute approximate surface area is 174 Å². The molecule has 1 amide bonds. The number of aromatic nitrogens is 2. The summed E-state index contributed by atoms with van der Waals surface area (Å²) in [7, 11) is 0. The number of piperidine rings is 1. The predicted molar refractivity (Wildman–Crippen MR) is 115 cm³/mol. The number of carbonyl (C=O) groups excluding carboxylic acids is 1. The third kappa shape index (κ3) is 5.27. The van der Waals surface area contributed by atoms with Gasteiger partial charge in [0.15, 0.2) is 0 Å². The minimum Gasteiger partial charge on any atom is -0.353 e. The summed E-state index contributed by atoms with van der Waals surface area (Å²) in [6, 6.07) is 11.3. The van der Waals surface area contributed by atoms with Gasteiger partial charge >= 0.3 is 0 Å². The predicted octanol–water partition coefficient (Wildman–Crippen LogP) is 3.98. The molecular weight excluding hydrogens is 360 g/mol. The Bertz CT molecular complexity index is 793. The normalized spacial score (nSPS) is 20.7. The summed E-state index contributed by atoms with van der Waals surface area (Å²) >= 11 is 0. The Kier molecular flexibility index (Phi) is 6.34. The van der Waals surface area contributed by atoms with Crippen molar-refractivity contribution in [3.05, 3.63) is 53.9 Å². The molecule has 1 saturated heterocycles. The molecule has 1 atom stereocenters. The van der Waals surface area contributed by atoms with Crippen molar-refractivity contribution in [3.8, 4) is 0 Å². The number of nitrogens with zero attached hydrogens (tertiary/aromatic N) is 3. The molecule has 156 valence electrons. The number of hydrogen-bond acceptors (Lipinski definition) is 3. The third-order valence-corrected chi connectivity index (χ3v) is 6.69. The molecule has 0 bridgehead atoms. The molecule has 1 aliphatic carbocycles. The highest BCUT2D eigenvalue weighted by molar-refractivity contribution is 5.76. The van der Waals surface area contributed by atoms with E-state index in [9.17, 15) is 4.79 Å². The zero-order chi connectivity index (χ0) is 20.1. The quantitative estimate of drug-likeness (QED) is 0.655. The van der Waals surface area contributed by atoms with Crippen LogP contribution >= 0.6 is 0 Å². The van der Waals surface area contributed by atoms with Gasteiger partial charge in [0, 0.05) is 31.4 Å². The van der Waals surface area contributed by atoms with E-state index in [1.165, 1.54) is 36.8 Å².